The van der Waals surface area contributed by atoms with Crippen molar-refractivity contribution in [2.45, 2.75) is 25.3 Å². The molecule has 0 aromatic carbocycles. The number of hydrogen-bond donors (Lipinski definition) is 2. The van der Waals surface area contributed by atoms with Gasteiger partial charge in [-0.2, -0.15) is 0 Å². The summed E-state index contributed by atoms with van der Waals surface area (Å²) < 4.78 is 0. The second-order valence-electron chi connectivity index (χ2n) is 3.48. The van der Waals surface area contributed by atoms with Gasteiger partial charge >= 0.3 is 0 Å². The summed E-state index contributed by atoms with van der Waals surface area (Å²) in [7, 11) is 0. The third kappa shape index (κ3) is 0.700. The van der Waals surface area contributed by atoms with E-state index in [0.29, 0.717) is 12.0 Å². The average molecular weight is 127 g/mol. The molecule has 9 heavy (non-hydrogen) atoms. The molecule has 1 unspecified atom stereocenters. The maximum Gasteiger partial charge on any atom is 0.0500 e. The maximum absolute atomic E-state index is 9.00. The first-order valence-electron chi connectivity index (χ1n) is 3.69. The van der Waals surface area contributed by atoms with Gasteiger partial charge in [-0.1, -0.05) is 0 Å². The van der Waals surface area contributed by atoms with Crippen LogP contribution in [0.3, 0.4) is 0 Å². The molecule has 0 spiro atoms. The predicted octanol–water partition coefficient (Wildman–Crippen LogP) is 0.121. The van der Waals surface area contributed by atoms with E-state index in [1.54, 1.807) is 0 Å². The lowest BCUT2D eigenvalue weighted by Gasteiger charge is -2.22. The maximum atomic E-state index is 9.00. The van der Waals surface area contributed by atoms with Gasteiger partial charge in [-0.25, -0.2) is 0 Å². The molecule has 1 saturated heterocycles. The molecule has 0 radical (unpaired) electrons. The third-order valence-corrected chi connectivity index (χ3v) is 2.80. The Morgan fingerprint density at radius 3 is 2.78 bits per heavy atom. The van der Waals surface area contributed by atoms with Crippen molar-refractivity contribution in [2.75, 3.05) is 13.2 Å². The predicted molar refractivity (Wildman–Crippen MR) is 35.2 cm³/mol. The molecule has 2 nitrogen and oxygen atoms in total. The Balaban J connectivity index is 2.13. The number of rotatable bonds is 1. The van der Waals surface area contributed by atoms with Crippen LogP contribution in [0.2, 0.25) is 0 Å². The molecule has 2 rings (SSSR count). The number of piperidine rings is 1. The molecule has 1 saturated carbocycles. The zero-order valence-corrected chi connectivity index (χ0v) is 5.56. The van der Waals surface area contributed by atoms with E-state index in [4.69, 9.17) is 5.11 Å². The van der Waals surface area contributed by atoms with Crippen LogP contribution in [-0.4, -0.2) is 24.3 Å². The summed E-state index contributed by atoms with van der Waals surface area (Å²) in [6.45, 7) is 1.44. The van der Waals surface area contributed by atoms with Crippen LogP contribution in [0.15, 0.2) is 0 Å². The van der Waals surface area contributed by atoms with Gasteiger partial charge in [0, 0.05) is 24.6 Å². The molecule has 2 bridgehead atoms. The molecule has 2 N–H and O–H groups in total. The Morgan fingerprint density at radius 2 is 2.56 bits per heavy atom. The molecule has 0 aromatic rings. The SMILES string of the molecule is OC[C@]12CCC(C1)NC2. The van der Waals surface area contributed by atoms with Gasteiger partial charge < -0.3 is 10.4 Å². The summed E-state index contributed by atoms with van der Waals surface area (Å²) in [4.78, 5) is 0. The van der Waals surface area contributed by atoms with Crippen molar-refractivity contribution in [1.82, 2.24) is 5.32 Å². The van der Waals surface area contributed by atoms with Crippen molar-refractivity contribution >= 4 is 0 Å². The molecule has 0 aromatic heterocycles. The van der Waals surface area contributed by atoms with Gasteiger partial charge in [-0.15, -0.1) is 0 Å². The topological polar surface area (TPSA) is 32.3 Å². The van der Waals surface area contributed by atoms with Crippen molar-refractivity contribution in [3.63, 3.8) is 0 Å². The lowest BCUT2D eigenvalue weighted by molar-refractivity contribution is 0.144. The monoisotopic (exact) mass is 127 g/mol. The Hall–Kier alpha value is -0.0800. The fourth-order valence-corrected chi connectivity index (χ4v) is 2.10. The van der Waals surface area contributed by atoms with Crippen LogP contribution in [0.5, 0.6) is 0 Å². The van der Waals surface area contributed by atoms with Gasteiger partial charge in [-0.05, 0) is 19.3 Å². The molecule has 2 aliphatic rings. The first kappa shape index (κ1) is 5.69. The van der Waals surface area contributed by atoms with Crippen molar-refractivity contribution in [3.05, 3.63) is 0 Å². The highest BCUT2D eigenvalue weighted by molar-refractivity contribution is 4.99. The summed E-state index contributed by atoms with van der Waals surface area (Å²) in [5.41, 5.74) is 0.296. The van der Waals surface area contributed by atoms with Crippen molar-refractivity contribution < 1.29 is 5.11 Å². The van der Waals surface area contributed by atoms with Crippen LogP contribution >= 0.6 is 0 Å². The fraction of sp³-hybridized carbons (Fsp3) is 1.00. The molecular formula is C7H13NO. The second kappa shape index (κ2) is 1.70. The van der Waals surface area contributed by atoms with E-state index in [-0.39, 0.29) is 0 Å². The summed E-state index contributed by atoms with van der Waals surface area (Å²) in [5.74, 6) is 0. The number of hydrogen-bond acceptors (Lipinski definition) is 2. The summed E-state index contributed by atoms with van der Waals surface area (Å²) in [6, 6.07) is 0.733. The lowest BCUT2D eigenvalue weighted by Crippen LogP contribution is -2.31. The van der Waals surface area contributed by atoms with E-state index in [2.05, 4.69) is 5.32 Å². The summed E-state index contributed by atoms with van der Waals surface area (Å²) in [5, 5.41) is 12.4. The molecule has 1 aliphatic heterocycles. The number of nitrogens with one attached hydrogen (secondary N) is 1. The Kier molecular flexibility index (Phi) is 1.08. The number of fused-ring (bicyclic) bond motifs is 2. The van der Waals surface area contributed by atoms with Gasteiger partial charge in [0.15, 0.2) is 0 Å². The highest BCUT2D eigenvalue weighted by Crippen LogP contribution is 2.41. The Bertz CT molecular complexity index is 116. The normalized spacial score (nSPS) is 48.3. The van der Waals surface area contributed by atoms with E-state index in [9.17, 15) is 0 Å². The van der Waals surface area contributed by atoms with E-state index in [1.807, 2.05) is 0 Å². The van der Waals surface area contributed by atoms with Crippen LogP contribution in [0, 0.1) is 5.41 Å². The van der Waals surface area contributed by atoms with Gasteiger partial charge in [0.25, 0.3) is 0 Å². The molecule has 52 valence electrons. The number of aliphatic hydroxyl groups excluding tert-OH is 1. The van der Waals surface area contributed by atoms with Gasteiger partial charge in [-0.3, -0.25) is 0 Å². The third-order valence-electron chi connectivity index (χ3n) is 2.80. The Morgan fingerprint density at radius 1 is 1.67 bits per heavy atom. The highest BCUT2D eigenvalue weighted by Gasteiger charge is 2.43. The van der Waals surface area contributed by atoms with Crippen LogP contribution in [-0.2, 0) is 0 Å². The fourth-order valence-electron chi connectivity index (χ4n) is 2.10. The highest BCUT2D eigenvalue weighted by atomic mass is 16.3. The van der Waals surface area contributed by atoms with Gasteiger partial charge in [0.2, 0.25) is 0 Å². The first-order chi connectivity index (χ1) is 4.35. The van der Waals surface area contributed by atoms with E-state index < -0.39 is 0 Å². The van der Waals surface area contributed by atoms with Crippen LogP contribution in [0.1, 0.15) is 19.3 Å². The minimum absolute atomic E-state index is 0.296. The Labute approximate surface area is 55.3 Å². The zero-order valence-electron chi connectivity index (χ0n) is 5.56. The minimum atomic E-state index is 0.296. The summed E-state index contributed by atoms with van der Waals surface area (Å²) in [6.07, 6.45) is 3.73. The molecular weight excluding hydrogens is 114 g/mol. The summed E-state index contributed by atoms with van der Waals surface area (Å²) >= 11 is 0. The zero-order chi connectivity index (χ0) is 6.32. The standard InChI is InChI=1S/C7H13NO/c9-5-7-2-1-6(3-7)8-4-7/h6,8-9H,1-5H2/t6?,7-/m1/s1. The van der Waals surface area contributed by atoms with Gasteiger partial charge in [0.1, 0.15) is 0 Å². The molecule has 1 aliphatic carbocycles. The molecule has 2 fully saturated rings. The molecule has 0 amide bonds. The second-order valence-corrected chi connectivity index (χ2v) is 3.48. The molecule has 2 atom stereocenters. The first-order valence-corrected chi connectivity index (χ1v) is 3.69. The van der Waals surface area contributed by atoms with Crippen molar-refractivity contribution in [3.8, 4) is 0 Å². The van der Waals surface area contributed by atoms with E-state index >= 15 is 0 Å². The van der Waals surface area contributed by atoms with Crippen molar-refractivity contribution in [2.24, 2.45) is 5.41 Å². The van der Waals surface area contributed by atoms with E-state index in [1.165, 1.54) is 19.3 Å². The average Bonchev–Trinajstić information content (AvgIpc) is 2.46. The van der Waals surface area contributed by atoms with Crippen LogP contribution in [0.4, 0.5) is 0 Å². The largest absolute Gasteiger partial charge is 0.396 e. The van der Waals surface area contributed by atoms with Gasteiger partial charge in [0.05, 0.1) is 0 Å². The van der Waals surface area contributed by atoms with Crippen molar-refractivity contribution in [1.29, 1.82) is 0 Å². The van der Waals surface area contributed by atoms with E-state index in [0.717, 1.165) is 12.6 Å². The minimum Gasteiger partial charge on any atom is -0.396 e. The molecule has 1 heterocycles. The molecule has 2 heteroatoms. The lowest BCUT2D eigenvalue weighted by atomic mass is 9.89. The smallest absolute Gasteiger partial charge is 0.0500 e. The van der Waals surface area contributed by atoms with Crippen LogP contribution < -0.4 is 5.32 Å². The van der Waals surface area contributed by atoms with Crippen LogP contribution in [0.25, 0.3) is 0 Å². The number of aliphatic hydroxyl groups is 1. The quantitative estimate of drug-likeness (QED) is 0.524.